The van der Waals surface area contributed by atoms with E-state index in [4.69, 9.17) is 114 Å². The molecule has 0 spiro atoms. The van der Waals surface area contributed by atoms with Gasteiger partial charge in [-0.15, -0.1) is 0 Å². The van der Waals surface area contributed by atoms with Gasteiger partial charge in [-0.25, -0.2) is 9.59 Å². The van der Waals surface area contributed by atoms with Crippen molar-refractivity contribution in [3.63, 3.8) is 0 Å². The van der Waals surface area contributed by atoms with Gasteiger partial charge >= 0.3 is 11.9 Å². The molecule has 0 unspecified atom stereocenters. The maximum Gasteiger partial charge on any atom is 0.333 e. The molecule has 0 N–H and O–H groups in total. The topological polar surface area (TPSA) is 256 Å². The summed E-state index contributed by atoms with van der Waals surface area (Å²) in [4.78, 5) is 22.5. The summed E-state index contributed by atoms with van der Waals surface area (Å²) in [6.07, 6.45) is 0. The highest BCUT2D eigenvalue weighted by Gasteiger charge is 2.04. The third-order valence-electron chi connectivity index (χ3n) is 9.43. The van der Waals surface area contributed by atoms with Gasteiger partial charge < -0.3 is 114 Å². The van der Waals surface area contributed by atoms with E-state index in [1.54, 1.807) is 13.8 Å². The molecule has 26 nitrogen and oxygen atoms in total. The third kappa shape index (κ3) is 68.0. The molecule has 0 radical (unpaired) electrons. The highest BCUT2D eigenvalue weighted by atomic mass is 16.6. The number of carbonyl (C=O) groups is 2. The predicted octanol–water partition coefficient (Wildman–Crippen LogP) is 1.59. The normalized spacial score (nSPS) is 11.5. The molecule has 80 heavy (non-hydrogen) atoms. The van der Waals surface area contributed by atoms with Crippen LogP contribution in [0.3, 0.4) is 0 Å². The van der Waals surface area contributed by atoms with Crippen LogP contribution < -0.4 is 0 Å². The van der Waals surface area contributed by atoms with Gasteiger partial charge in [0.05, 0.1) is 291 Å². The molecule has 0 aromatic rings. The number of rotatable bonds is 71. The van der Waals surface area contributed by atoms with Crippen LogP contribution in [0.1, 0.15) is 13.8 Å². The van der Waals surface area contributed by atoms with Crippen LogP contribution in [-0.2, 0) is 123 Å². The first-order valence-corrected chi connectivity index (χ1v) is 27.8. The van der Waals surface area contributed by atoms with E-state index in [0.717, 1.165) is 0 Å². The minimum atomic E-state index is -0.420. The van der Waals surface area contributed by atoms with Gasteiger partial charge in [0, 0.05) is 11.1 Å². The minimum Gasteiger partial charge on any atom is -0.460 e. The lowest BCUT2D eigenvalue weighted by atomic mass is 10.4. The van der Waals surface area contributed by atoms with Crippen molar-refractivity contribution in [3.05, 3.63) is 24.3 Å². The first kappa shape index (κ1) is 77.5. The van der Waals surface area contributed by atoms with Crippen molar-refractivity contribution in [1.82, 2.24) is 0 Å². The van der Waals surface area contributed by atoms with Gasteiger partial charge in [-0.3, -0.25) is 0 Å². The average Bonchev–Trinajstić information content (AvgIpc) is 3.45. The third-order valence-corrected chi connectivity index (χ3v) is 9.43. The van der Waals surface area contributed by atoms with Crippen molar-refractivity contribution in [2.45, 2.75) is 13.8 Å². The SMILES string of the molecule is C=C(C)C(=O)OCCOCCOCCOCCOCCOCCOCCOCCOCCOCCOCCOCCOCCOCCOCCOCCOCCOCCOCCOCCOCCOCCOCCOC(=O)C(=C)C. The van der Waals surface area contributed by atoms with Crippen LogP contribution in [-0.4, -0.2) is 316 Å². The van der Waals surface area contributed by atoms with Crippen molar-refractivity contribution in [1.29, 1.82) is 0 Å². The lowest BCUT2D eigenvalue weighted by Crippen LogP contribution is -2.16. The summed E-state index contributed by atoms with van der Waals surface area (Å²) in [6, 6.07) is 0. The maximum atomic E-state index is 11.2. The number of esters is 2. The first-order valence-electron chi connectivity index (χ1n) is 27.8. The van der Waals surface area contributed by atoms with Crippen molar-refractivity contribution >= 4 is 11.9 Å². The molecular formula is C54H102O26. The molecule has 0 aliphatic carbocycles. The number of hydrogen-bond acceptors (Lipinski definition) is 26. The predicted molar refractivity (Wildman–Crippen MR) is 290 cm³/mol. The van der Waals surface area contributed by atoms with Gasteiger partial charge in [-0.05, 0) is 13.8 Å². The molecule has 0 amide bonds. The molecule has 0 atom stereocenters. The van der Waals surface area contributed by atoms with E-state index in [9.17, 15) is 9.59 Å². The van der Waals surface area contributed by atoms with Gasteiger partial charge in [0.15, 0.2) is 0 Å². The van der Waals surface area contributed by atoms with Gasteiger partial charge in [0.1, 0.15) is 13.2 Å². The fourth-order valence-corrected chi connectivity index (χ4v) is 5.35. The molecular weight excluding hydrogens is 1060 g/mol. The number of hydrogen-bond donors (Lipinski definition) is 0. The zero-order valence-electron chi connectivity index (χ0n) is 48.6. The van der Waals surface area contributed by atoms with Gasteiger partial charge in [-0.2, -0.15) is 0 Å². The zero-order valence-corrected chi connectivity index (χ0v) is 48.6. The Morgan fingerprint density at radius 3 is 0.325 bits per heavy atom. The van der Waals surface area contributed by atoms with Crippen LogP contribution >= 0.6 is 0 Å². The molecule has 0 heterocycles. The summed E-state index contributed by atoms with van der Waals surface area (Å²) in [5.41, 5.74) is 0.726. The Labute approximate surface area is 476 Å². The molecule has 26 heteroatoms. The molecule has 0 aromatic carbocycles. The smallest absolute Gasteiger partial charge is 0.333 e. The average molecular weight is 1170 g/mol. The molecule has 0 aromatic heterocycles. The fourth-order valence-electron chi connectivity index (χ4n) is 5.35. The highest BCUT2D eigenvalue weighted by Crippen LogP contribution is 1.95. The Hall–Kier alpha value is -2.46. The number of ether oxygens (including phenoxy) is 24. The van der Waals surface area contributed by atoms with E-state index in [2.05, 4.69) is 13.2 Å². The fraction of sp³-hybridized carbons (Fsp3) is 0.889. The van der Waals surface area contributed by atoms with Gasteiger partial charge in [0.25, 0.3) is 0 Å². The van der Waals surface area contributed by atoms with Crippen molar-refractivity contribution in [2.75, 3.05) is 304 Å². The second-order valence-electron chi connectivity index (χ2n) is 16.3. The molecule has 0 bridgehead atoms. The van der Waals surface area contributed by atoms with Crippen LogP contribution in [0.5, 0.6) is 0 Å². The van der Waals surface area contributed by atoms with Crippen molar-refractivity contribution in [3.8, 4) is 0 Å². The lowest BCUT2D eigenvalue weighted by Gasteiger charge is -2.09. The van der Waals surface area contributed by atoms with E-state index in [-0.39, 0.29) is 13.2 Å². The van der Waals surface area contributed by atoms with E-state index in [1.807, 2.05) is 0 Å². The summed E-state index contributed by atoms with van der Waals surface area (Å²) in [5.74, 6) is -0.839. The van der Waals surface area contributed by atoms with Crippen LogP contribution in [0.4, 0.5) is 0 Å². The van der Waals surface area contributed by atoms with Crippen LogP contribution in [0.15, 0.2) is 24.3 Å². The molecule has 0 saturated carbocycles. The second kappa shape index (κ2) is 69.0. The second-order valence-corrected chi connectivity index (χ2v) is 16.3. The maximum absolute atomic E-state index is 11.2. The van der Waals surface area contributed by atoms with Crippen molar-refractivity contribution in [2.24, 2.45) is 0 Å². The summed E-state index contributed by atoms with van der Waals surface area (Å²) in [7, 11) is 0. The standard InChI is InChI=1S/C54H102O26/c1-51(2)53(55)79-49-47-77-45-43-75-41-39-73-37-35-71-33-31-69-29-27-67-25-23-65-21-19-63-17-15-61-13-11-59-9-7-57-5-6-58-8-10-60-12-14-62-16-18-64-20-22-66-24-26-68-28-30-70-32-34-72-36-38-74-40-42-76-44-46-78-48-50-80-54(56)52(3)4/h1,3,5-50H2,2,4H3. The molecule has 0 aliphatic rings. The Kier molecular flexibility index (Phi) is 66.9. The van der Waals surface area contributed by atoms with Gasteiger partial charge in [-0.1, -0.05) is 13.2 Å². The molecule has 0 saturated heterocycles. The van der Waals surface area contributed by atoms with Crippen LogP contribution in [0.25, 0.3) is 0 Å². The summed E-state index contributed by atoms with van der Waals surface area (Å²) < 4.78 is 130. The Morgan fingerprint density at radius 1 is 0.175 bits per heavy atom. The molecule has 0 aliphatic heterocycles. The van der Waals surface area contributed by atoms with E-state index < -0.39 is 11.9 Å². The Balaban J connectivity index is 3.10. The quantitative estimate of drug-likeness (QED) is 0.0476. The summed E-state index contributed by atoms with van der Waals surface area (Å²) in [5, 5.41) is 0. The molecule has 0 rings (SSSR count). The first-order chi connectivity index (χ1) is 39.4. The molecule has 474 valence electrons. The van der Waals surface area contributed by atoms with Crippen molar-refractivity contribution < 1.29 is 123 Å². The lowest BCUT2D eigenvalue weighted by molar-refractivity contribution is -0.141. The Bertz CT molecular complexity index is 1200. The highest BCUT2D eigenvalue weighted by molar-refractivity contribution is 5.87. The van der Waals surface area contributed by atoms with E-state index >= 15 is 0 Å². The summed E-state index contributed by atoms with van der Waals surface area (Å²) >= 11 is 0. The van der Waals surface area contributed by atoms with E-state index in [1.165, 1.54) is 0 Å². The minimum absolute atomic E-state index is 0.190. The van der Waals surface area contributed by atoms with Crippen LogP contribution in [0.2, 0.25) is 0 Å². The summed E-state index contributed by atoms with van der Waals surface area (Å²) in [6.45, 7) is 31.0. The zero-order chi connectivity index (χ0) is 57.8. The monoisotopic (exact) mass is 1170 g/mol. The van der Waals surface area contributed by atoms with E-state index in [0.29, 0.717) is 302 Å². The largest absolute Gasteiger partial charge is 0.460 e. The van der Waals surface area contributed by atoms with Gasteiger partial charge in [0.2, 0.25) is 0 Å². The number of carbonyl (C=O) groups excluding carboxylic acids is 2. The Morgan fingerprint density at radius 2 is 0.250 bits per heavy atom. The van der Waals surface area contributed by atoms with Crippen LogP contribution in [0, 0.1) is 0 Å². The molecule has 0 fully saturated rings.